The minimum atomic E-state index is 0.173. The van der Waals surface area contributed by atoms with Crippen LogP contribution in [0.4, 0.5) is 5.82 Å². The van der Waals surface area contributed by atoms with Gasteiger partial charge in [-0.15, -0.1) is 5.10 Å². The average molecular weight is 394 g/mol. The van der Waals surface area contributed by atoms with Crippen LogP contribution in [-0.4, -0.2) is 68.9 Å². The van der Waals surface area contributed by atoms with Gasteiger partial charge in [-0.1, -0.05) is 6.92 Å². The summed E-state index contributed by atoms with van der Waals surface area (Å²) in [6, 6.07) is 4.60. The van der Waals surface area contributed by atoms with Crippen LogP contribution in [0.15, 0.2) is 23.4 Å². The summed E-state index contributed by atoms with van der Waals surface area (Å²) in [5, 5.41) is 18.7. The molecule has 0 aliphatic carbocycles. The lowest BCUT2D eigenvalue weighted by Crippen LogP contribution is -2.44. The second-order valence-electron chi connectivity index (χ2n) is 7.66. The van der Waals surface area contributed by atoms with Gasteiger partial charge in [0.25, 0.3) is 0 Å². The summed E-state index contributed by atoms with van der Waals surface area (Å²) >= 11 is 0. The average Bonchev–Trinajstić information content (AvgIpc) is 3.47. The van der Waals surface area contributed by atoms with E-state index in [1.165, 1.54) is 5.56 Å². The molecule has 1 fully saturated rings. The van der Waals surface area contributed by atoms with Crippen LogP contribution in [0.5, 0.6) is 0 Å². The molecule has 9 nitrogen and oxygen atoms in total. The van der Waals surface area contributed by atoms with Crippen LogP contribution >= 0.6 is 0 Å². The van der Waals surface area contributed by atoms with Crippen molar-refractivity contribution < 1.29 is 4.74 Å². The van der Waals surface area contributed by atoms with Crippen molar-refractivity contribution in [1.82, 2.24) is 29.8 Å². The van der Waals surface area contributed by atoms with Gasteiger partial charge in [-0.25, -0.2) is 9.50 Å². The van der Waals surface area contributed by atoms with Crippen molar-refractivity contribution in [3.05, 3.63) is 29.6 Å². The van der Waals surface area contributed by atoms with Crippen LogP contribution in [0.3, 0.4) is 0 Å². The molecule has 1 unspecified atom stereocenters. The van der Waals surface area contributed by atoms with E-state index >= 15 is 0 Å². The topological polar surface area (TPSA) is 86.9 Å². The number of imidazole rings is 1. The second-order valence-corrected chi connectivity index (χ2v) is 7.66. The molecule has 0 bridgehead atoms. The molecule has 1 saturated heterocycles. The number of ether oxygens (including phenoxy) is 1. The zero-order chi connectivity index (χ0) is 20.0. The number of fused-ring (bicyclic) bond motifs is 1. The van der Waals surface area contributed by atoms with Crippen molar-refractivity contribution in [1.29, 1.82) is 0 Å². The molecule has 1 N–H and O–H groups in total. The lowest BCUT2D eigenvalue weighted by molar-refractivity contribution is 0.0984. The van der Waals surface area contributed by atoms with E-state index in [0.717, 1.165) is 47.9 Å². The van der Waals surface area contributed by atoms with E-state index in [0.29, 0.717) is 13.2 Å². The van der Waals surface area contributed by atoms with Crippen molar-refractivity contribution in [3.63, 3.8) is 0 Å². The monoisotopic (exact) mass is 394 g/mol. The summed E-state index contributed by atoms with van der Waals surface area (Å²) in [5.41, 5.74) is 4.19. The molecule has 5 heterocycles. The minimum absolute atomic E-state index is 0.173. The van der Waals surface area contributed by atoms with Crippen LogP contribution in [0.2, 0.25) is 0 Å². The quantitative estimate of drug-likeness (QED) is 0.730. The highest BCUT2D eigenvalue weighted by molar-refractivity contribution is 5.71. The molecule has 29 heavy (non-hydrogen) atoms. The Morgan fingerprint density at radius 3 is 2.93 bits per heavy atom. The summed E-state index contributed by atoms with van der Waals surface area (Å²) < 4.78 is 7.63. The van der Waals surface area contributed by atoms with E-state index < -0.39 is 0 Å². The highest BCUT2D eigenvalue weighted by Gasteiger charge is 2.29. The minimum Gasteiger partial charge on any atom is -0.377 e. The Labute approximate surface area is 169 Å². The maximum atomic E-state index is 5.64. The number of anilines is 1. The van der Waals surface area contributed by atoms with Gasteiger partial charge in [0.1, 0.15) is 11.5 Å². The normalized spacial score (nSPS) is 22.2. The number of hydrazone groups is 1. The predicted molar refractivity (Wildman–Crippen MR) is 111 cm³/mol. The Bertz CT molecular complexity index is 1040. The number of aromatic nitrogens is 5. The van der Waals surface area contributed by atoms with Gasteiger partial charge >= 0.3 is 0 Å². The number of nitrogens with zero attached hydrogens (tertiary/aromatic N) is 7. The third-order valence-electron chi connectivity index (χ3n) is 5.83. The van der Waals surface area contributed by atoms with Gasteiger partial charge in [0.05, 0.1) is 36.5 Å². The summed E-state index contributed by atoms with van der Waals surface area (Å²) in [6.45, 7) is 6.56. The first-order chi connectivity index (χ1) is 14.2. The molecule has 3 aromatic heterocycles. The molecular weight excluding hydrogens is 368 g/mol. The first-order valence-corrected chi connectivity index (χ1v) is 10.2. The smallest absolute Gasteiger partial charge is 0.179 e. The third-order valence-corrected chi connectivity index (χ3v) is 5.83. The molecule has 3 aromatic rings. The SMILES string of the molecule is CCc1nc(-c2ccn[nH]2)n2nc(N3CCOC[C@H]3C)cc(C3CC=NN3C)c12. The molecule has 0 spiro atoms. The van der Waals surface area contributed by atoms with Gasteiger partial charge in [0, 0.05) is 38.0 Å². The zero-order valence-electron chi connectivity index (χ0n) is 17.0. The Morgan fingerprint density at radius 1 is 1.34 bits per heavy atom. The van der Waals surface area contributed by atoms with Gasteiger partial charge < -0.3 is 9.64 Å². The molecule has 9 heteroatoms. The fourth-order valence-corrected chi connectivity index (χ4v) is 4.28. The van der Waals surface area contributed by atoms with E-state index in [1.807, 2.05) is 28.9 Å². The number of rotatable bonds is 4. The van der Waals surface area contributed by atoms with E-state index in [2.05, 4.69) is 40.1 Å². The standard InChI is InChI=1S/C20H26N8O/c1-4-15-19-14(17-6-8-22-26(17)3)11-18(27-9-10-29-12-13(27)2)25-28(19)20(23-15)16-5-7-21-24-16/h5,7-8,11,13,17H,4,6,9-10,12H2,1-3H3,(H,21,24)/t13-,17?/m1/s1. The maximum absolute atomic E-state index is 5.64. The summed E-state index contributed by atoms with van der Waals surface area (Å²) in [7, 11) is 2.03. The first kappa shape index (κ1) is 18.1. The van der Waals surface area contributed by atoms with Gasteiger partial charge in [-0.05, 0) is 25.5 Å². The molecule has 0 amide bonds. The summed E-state index contributed by atoms with van der Waals surface area (Å²) in [6.07, 6.45) is 5.44. The van der Waals surface area contributed by atoms with E-state index in [1.54, 1.807) is 6.20 Å². The first-order valence-electron chi connectivity index (χ1n) is 10.2. The summed E-state index contributed by atoms with van der Waals surface area (Å²) in [5.74, 6) is 1.74. The van der Waals surface area contributed by atoms with Crippen LogP contribution in [0.1, 0.15) is 37.6 Å². The number of morpholine rings is 1. The Balaban J connectivity index is 1.76. The van der Waals surface area contributed by atoms with Crippen molar-refractivity contribution in [3.8, 4) is 11.5 Å². The van der Waals surface area contributed by atoms with Crippen LogP contribution in [0, 0.1) is 0 Å². The van der Waals surface area contributed by atoms with Crippen molar-refractivity contribution in [2.45, 2.75) is 38.8 Å². The Hall–Kier alpha value is -2.94. The number of aromatic amines is 1. The maximum Gasteiger partial charge on any atom is 0.179 e. The lowest BCUT2D eigenvalue weighted by Gasteiger charge is -2.34. The molecule has 2 atom stereocenters. The molecule has 0 aromatic carbocycles. The Morgan fingerprint density at radius 2 is 2.24 bits per heavy atom. The molecule has 152 valence electrons. The van der Waals surface area contributed by atoms with Crippen molar-refractivity contribution >= 4 is 17.5 Å². The van der Waals surface area contributed by atoms with Gasteiger partial charge in [0.2, 0.25) is 0 Å². The second kappa shape index (κ2) is 7.14. The number of H-pyrrole nitrogens is 1. The van der Waals surface area contributed by atoms with E-state index in [9.17, 15) is 0 Å². The van der Waals surface area contributed by atoms with Crippen molar-refractivity contribution in [2.24, 2.45) is 5.10 Å². The van der Waals surface area contributed by atoms with Crippen LogP contribution in [-0.2, 0) is 11.2 Å². The van der Waals surface area contributed by atoms with E-state index in [-0.39, 0.29) is 12.1 Å². The molecular formula is C20H26N8O. The zero-order valence-corrected chi connectivity index (χ0v) is 17.0. The predicted octanol–water partition coefficient (Wildman–Crippen LogP) is 2.27. The molecule has 2 aliphatic heterocycles. The van der Waals surface area contributed by atoms with Crippen LogP contribution < -0.4 is 4.90 Å². The van der Waals surface area contributed by atoms with Gasteiger partial charge in [-0.2, -0.15) is 10.2 Å². The third kappa shape index (κ3) is 2.96. The van der Waals surface area contributed by atoms with Crippen LogP contribution in [0.25, 0.3) is 17.0 Å². The fourth-order valence-electron chi connectivity index (χ4n) is 4.28. The molecule has 5 rings (SSSR count). The number of aryl methyl sites for hydroxylation is 1. The van der Waals surface area contributed by atoms with E-state index in [4.69, 9.17) is 14.8 Å². The Kier molecular flexibility index (Phi) is 4.46. The largest absolute Gasteiger partial charge is 0.377 e. The highest BCUT2D eigenvalue weighted by atomic mass is 16.5. The fraction of sp³-hybridized carbons (Fsp3) is 0.500. The lowest BCUT2D eigenvalue weighted by atomic mass is 10.0. The molecule has 2 aliphatic rings. The molecule has 0 saturated carbocycles. The number of hydrogen-bond donors (Lipinski definition) is 1. The van der Waals surface area contributed by atoms with Gasteiger partial charge in [-0.3, -0.25) is 10.1 Å². The number of nitrogens with one attached hydrogen (secondary N) is 1. The number of hydrogen-bond acceptors (Lipinski definition) is 7. The highest BCUT2D eigenvalue weighted by Crippen LogP contribution is 2.35. The van der Waals surface area contributed by atoms with Gasteiger partial charge in [0.15, 0.2) is 5.82 Å². The summed E-state index contributed by atoms with van der Waals surface area (Å²) in [4.78, 5) is 7.26. The molecule has 0 radical (unpaired) electrons. The van der Waals surface area contributed by atoms with Crippen molar-refractivity contribution in [2.75, 3.05) is 31.7 Å².